The lowest BCUT2D eigenvalue weighted by molar-refractivity contribution is -0.365. The van der Waals surface area contributed by atoms with Gasteiger partial charge in [-0.3, -0.25) is 9.59 Å². The van der Waals surface area contributed by atoms with E-state index in [1.807, 2.05) is 0 Å². The first kappa shape index (κ1) is 32.9. The molecule has 3 aliphatic rings. The summed E-state index contributed by atoms with van der Waals surface area (Å²) in [4.78, 5) is 23.4. The molecule has 18 heteroatoms. The fourth-order valence-electron chi connectivity index (χ4n) is 4.86. The molecule has 3 aliphatic heterocycles. The molecule has 15 atom stereocenters. The monoisotopic (exact) mass is 586 g/mol. The van der Waals surface area contributed by atoms with Crippen molar-refractivity contribution in [3.63, 3.8) is 0 Å². The number of carbonyl (C=O) groups is 2. The van der Waals surface area contributed by atoms with Crippen molar-refractivity contribution in [3.05, 3.63) is 0 Å². The fourth-order valence-corrected chi connectivity index (χ4v) is 4.86. The normalized spacial score (nSPS) is 46.0. The molecule has 0 bridgehead atoms. The largest absolute Gasteiger partial charge is 0.394 e. The van der Waals surface area contributed by atoms with Crippen LogP contribution in [0.5, 0.6) is 0 Å². The minimum Gasteiger partial charge on any atom is -0.394 e. The van der Waals surface area contributed by atoms with Crippen LogP contribution >= 0.6 is 0 Å². The molecule has 3 saturated heterocycles. The number of aliphatic hydroxyl groups excluding tert-OH is 9. The summed E-state index contributed by atoms with van der Waals surface area (Å²) in [6, 6.07) is -2.86. The third-order valence-electron chi connectivity index (χ3n) is 6.90. The topological polar surface area (TPSA) is 286 Å². The third kappa shape index (κ3) is 7.05. The van der Waals surface area contributed by atoms with Crippen molar-refractivity contribution >= 4 is 11.8 Å². The smallest absolute Gasteiger partial charge is 0.217 e. The third-order valence-corrected chi connectivity index (χ3v) is 6.90. The lowest BCUT2D eigenvalue weighted by Gasteiger charge is -2.49. The maximum atomic E-state index is 11.7. The summed E-state index contributed by atoms with van der Waals surface area (Å²) in [7, 11) is 0. The van der Waals surface area contributed by atoms with Crippen LogP contribution in [0.15, 0.2) is 0 Å². The van der Waals surface area contributed by atoms with Crippen molar-refractivity contribution in [2.75, 3.05) is 19.8 Å². The Balaban J connectivity index is 1.88. The molecule has 232 valence electrons. The zero-order valence-corrected chi connectivity index (χ0v) is 21.7. The average molecular weight is 587 g/mol. The summed E-state index contributed by atoms with van der Waals surface area (Å²) in [6.07, 6.45) is -21.5. The minimum atomic E-state index is -1.94. The van der Waals surface area contributed by atoms with Gasteiger partial charge in [-0.1, -0.05) is 0 Å². The number of rotatable bonds is 9. The Hall–Kier alpha value is -1.62. The molecule has 0 spiro atoms. The highest BCUT2D eigenvalue weighted by Gasteiger charge is 2.54. The van der Waals surface area contributed by atoms with Crippen molar-refractivity contribution in [3.8, 4) is 0 Å². The minimum absolute atomic E-state index is 0.650. The number of hydrogen-bond donors (Lipinski definition) is 11. The molecule has 0 aromatic rings. The quantitative estimate of drug-likeness (QED) is 0.120. The van der Waals surface area contributed by atoms with Crippen LogP contribution in [-0.2, 0) is 33.3 Å². The number of carbonyl (C=O) groups excluding carboxylic acids is 2. The Morgan fingerprint density at radius 2 is 1.05 bits per heavy atom. The van der Waals surface area contributed by atoms with E-state index >= 15 is 0 Å². The molecule has 3 fully saturated rings. The molecule has 11 N–H and O–H groups in total. The second-order valence-corrected chi connectivity index (χ2v) is 9.81. The molecule has 0 unspecified atom stereocenters. The van der Waals surface area contributed by atoms with Crippen LogP contribution in [-0.4, -0.2) is 170 Å². The molecule has 0 radical (unpaired) electrons. The number of aliphatic hydroxyl groups is 9. The van der Waals surface area contributed by atoms with Gasteiger partial charge in [0.2, 0.25) is 11.8 Å². The highest BCUT2D eigenvalue weighted by Crippen LogP contribution is 2.32. The first-order valence-corrected chi connectivity index (χ1v) is 12.6. The Bertz CT molecular complexity index is 854. The van der Waals surface area contributed by atoms with Gasteiger partial charge in [0.25, 0.3) is 0 Å². The van der Waals surface area contributed by atoms with Crippen LogP contribution < -0.4 is 10.6 Å². The molecular weight excluding hydrogens is 548 g/mol. The summed E-state index contributed by atoms with van der Waals surface area (Å²) >= 11 is 0. The van der Waals surface area contributed by atoms with Crippen LogP contribution in [0.1, 0.15) is 13.8 Å². The molecule has 0 saturated carbocycles. The molecule has 3 rings (SSSR count). The van der Waals surface area contributed by atoms with E-state index in [0.29, 0.717) is 0 Å². The zero-order valence-electron chi connectivity index (χ0n) is 21.7. The highest BCUT2D eigenvalue weighted by atomic mass is 16.7. The first-order chi connectivity index (χ1) is 18.8. The van der Waals surface area contributed by atoms with Crippen LogP contribution in [0.4, 0.5) is 0 Å². The fraction of sp³-hybridized carbons (Fsp3) is 0.909. The number of hydrogen-bond acceptors (Lipinski definition) is 16. The predicted molar refractivity (Wildman–Crippen MR) is 124 cm³/mol. The van der Waals surface area contributed by atoms with Crippen LogP contribution in [0.2, 0.25) is 0 Å². The number of nitrogens with one attached hydrogen (secondary N) is 2. The predicted octanol–water partition coefficient (Wildman–Crippen LogP) is -7.29. The van der Waals surface area contributed by atoms with Gasteiger partial charge in [-0.05, 0) is 0 Å². The van der Waals surface area contributed by atoms with Gasteiger partial charge in [0, 0.05) is 13.8 Å². The summed E-state index contributed by atoms with van der Waals surface area (Å²) in [5, 5.41) is 97.2. The Kier molecular flexibility index (Phi) is 11.5. The van der Waals surface area contributed by atoms with Gasteiger partial charge in [0.05, 0.1) is 19.8 Å². The average Bonchev–Trinajstić information content (AvgIpc) is 2.90. The second kappa shape index (κ2) is 14.0. The van der Waals surface area contributed by atoms with Gasteiger partial charge in [-0.2, -0.15) is 0 Å². The van der Waals surface area contributed by atoms with Gasteiger partial charge < -0.3 is 80.3 Å². The van der Waals surface area contributed by atoms with Crippen molar-refractivity contribution in [1.82, 2.24) is 10.6 Å². The lowest BCUT2D eigenvalue weighted by atomic mass is 9.94. The van der Waals surface area contributed by atoms with E-state index in [1.165, 1.54) is 0 Å². The van der Waals surface area contributed by atoms with Gasteiger partial charge in [-0.15, -0.1) is 0 Å². The molecule has 0 aromatic heterocycles. The summed E-state index contributed by atoms with van der Waals surface area (Å²) < 4.78 is 27.5. The molecule has 2 amide bonds. The summed E-state index contributed by atoms with van der Waals surface area (Å²) in [5.74, 6) is -1.31. The van der Waals surface area contributed by atoms with Crippen molar-refractivity contribution in [1.29, 1.82) is 0 Å². The maximum absolute atomic E-state index is 11.7. The number of amides is 2. The lowest BCUT2D eigenvalue weighted by Crippen LogP contribution is -2.69. The molecule has 0 aromatic carbocycles. The Morgan fingerprint density at radius 3 is 1.60 bits per heavy atom. The first-order valence-electron chi connectivity index (χ1n) is 12.6. The van der Waals surface area contributed by atoms with Gasteiger partial charge >= 0.3 is 0 Å². The van der Waals surface area contributed by atoms with E-state index in [4.69, 9.17) is 23.7 Å². The highest BCUT2D eigenvalue weighted by molar-refractivity contribution is 5.73. The molecule has 18 nitrogen and oxygen atoms in total. The van der Waals surface area contributed by atoms with Crippen LogP contribution in [0, 0.1) is 0 Å². The summed E-state index contributed by atoms with van der Waals surface area (Å²) in [6.45, 7) is -0.135. The summed E-state index contributed by atoms with van der Waals surface area (Å²) in [5.41, 5.74) is 0. The Morgan fingerprint density at radius 1 is 0.600 bits per heavy atom. The molecule has 40 heavy (non-hydrogen) atoms. The standard InChI is InChI=1S/C22H38N2O16/c1-6(28)23-11-16(33)13(30)8(3-25)37-21(11)40-19-15(32)10(5-27)38-22(17(19)34)39-18-12(24-7(2)29)20(35)36-9(4-26)14(18)31/h8-22,25-27,30-35H,3-5H2,1-2H3,(H,23,28)(H,24,29)/t8-,9-,10-,11-,12-,13-,14-,15+,16-,17-,18-,19+,20-,21+,22-/m1/s1. The van der Waals surface area contributed by atoms with Crippen molar-refractivity contribution < 1.29 is 79.2 Å². The van der Waals surface area contributed by atoms with Crippen molar-refractivity contribution in [2.24, 2.45) is 0 Å². The SMILES string of the molecule is CC(=O)N[C@@H]1[C@@H](O[C@H]2O[C@H](CO)[C@H](O)[C@H](O[C@@H]3O[C@H](CO)[C@@H](O)[C@H](O)[C@H]3NC(C)=O)[C@H]2O)[C@H](O)[C@@H](CO)O[C@H]1O. The molecule has 0 aliphatic carbocycles. The van der Waals surface area contributed by atoms with E-state index in [0.717, 1.165) is 13.8 Å². The van der Waals surface area contributed by atoms with Gasteiger partial charge in [0.15, 0.2) is 18.9 Å². The van der Waals surface area contributed by atoms with E-state index in [9.17, 15) is 55.5 Å². The van der Waals surface area contributed by atoms with Crippen LogP contribution in [0.25, 0.3) is 0 Å². The van der Waals surface area contributed by atoms with E-state index in [-0.39, 0.29) is 0 Å². The van der Waals surface area contributed by atoms with E-state index in [2.05, 4.69) is 10.6 Å². The Labute approximate surface area is 228 Å². The van der Waals surface area contributed by atoms with Crippen LogP contribution in [0.3, 0.4) is 0 Å². The maximum Gasteiger partial charge on any atom is 0.217 e. The van der Waals surface area contributed by atoms with E-state index < -0.39 is 124 Å². The van der Waals surface area contributed by atoms with Crippen molar-refractivity contribution in [2.45, 2.75) is 106 Å². The van der Waals surface area contributed by atoms with Gasteiger partial charge in [-0.25, -0.2) is 0 Å². The number of ether oxygens (including phenoxy) is 5. The van der Waals surface area contributed by atoms with Gasteiger partial charge in [0.1, 0.15) is 73.1 Å². The van der Waals surface area contributed by atoms with E-state index in [1.54, 1.807) is 0 Å². The zero-order chi connectivity index (χ0) is 29.9. The second-order valence-electron chi connectivity index (χ2n) is 9.81. The molecular formula is C22H38N2O16. The molecule has 3 heterocycles.